The Hall–Kier alpha value is -0.220. The van der Waals surface area contributed by atoms with Gasteiger partial charge in [0.2, 0.25) is 6.43 Å². The maximum Gasteiger partial charge on any atom is 0.240 e. The number of hydrogen-bond acceptors (Lipinski definition) is 2. The molecule has 0 aliphatic carbocycles. The fourth-order valence-electron chi connectivity index (χ4n) is 1.84. The molecule has 0 amide bonds. The van der Waals surface area contributed by atoms with Crippen molar-refractivity contribution < 1.29 is 8.78 Å². The summed E-state index contributed by atoms with van der Waals surface area (Å²) >= 11 is 0. The molecule has 2 nitrogen and oxygen atoms in total. The van der Waals surface area contributed by atoms with Crippen molar-refractivity contribution in [1.29, 1.82) is 0 Å². The normalized spacial score (nSPS) is 30.7. The van der Waals surface area contributed by atoms with E-state index in [-0.39, 0.29) is 6.42 Å². The fourth-order valence-corrected chi connectivity index (χ4v) is 1.84. The Morgan fingerprint density at radius 2 is 2.08 bits per heavy atom. The van der Waals surface area contributed by atoms with Gasteiger partial charge in [-0.05, 0) is 20.3 Å². The van der Waals surface area contributed by atoms with E-state index < -0.39 is 12.0 Å². The van der Waals surface area contributed by atoms with E-state index in [4.69, 9.17) is 5.73 Å². The van der Waals surface area contributed by atoms with Crippen molar-refractivity contribution in [2.24, 2.45) is 5.73 Å². The molecule has 1 rings (SSSR count). The highest BCUT2D eigenvalue weighted by atomic mass is 19.3. The molecule has 0 bridgehead atoms. The van der Waals surface area contributed by atoms with Crippen LogP contribution in [0.25, 0.3) is 0 Å². The number of likely N-dealkylation sites (tertiary alicyclic amines) is 1. The van der Waals surface area contributed by atoms with Crippen molar-refractivity contribution in [1.82, 2.24) is 4.90 Å². The van der Waals surface area contributed by atoms with Crippen LogP contribution >= 0.6 is 0 Å². The Bertz CT molecular complexity index is 173. The Kier molecular flexibility index (Phi) is 3.24. The molecule has 1 fully saturated rings. The number of nitrogens with zero attached hydrogens (tertiary/aromatic N) is 1. The molecule has 0 aromatic carbocycles. The van der Waals surface area contributed by atoms with Gasteiger partial charge >= 0.3 is 0 Å². The number of halogens is 2. The van der Waals surface area contributed by atoms with Crippen molar-refractivity contribution in [2.75, 3.05) is 13.1 Å². The minimum absolute atomic E-state index is 0.170. The summed E-state index contributed by atoms with van der Waals surface area (Å²) in [6.07, 6.45) is -1.76. The van der Waals surface area contributed by atoms with E-state index in [0.29, 0.717) is 19.0 Å². The molecule has 1 atom stereocenters. The lowest BCUT2D eigenvalue weighted by Crippen LogP contribution is -2.45. The molecule has 0 unspecified atom stereocenters. The second kappa shape index (κ2) is 3.88. The maximum absolute atomic E-state index is 12.2. The molecule has 13 heavy (non-hydrogen) atoms. The first kappa shape index (κ1) is 10.9. The summed E-state index contributed by atoms with van der Waals surface area (Å²) in [5.74, 6) is 0. The van der Waals surface area contributed by atoms with Crippen LogP contribution < -0.4 is 5.73 Å². The van der Waals surface area contributed by atoms with Crippen LogP contribution in [0.5, 0.6) is 0 Å². The van der Waals surface area contributed by atoms with Gasteiger partial charge in [-0.2, -0.15) is 0 Å². The summed E-state index contributed by atoms with van der Waals surface area (Å²) in [7, 11) is 0. The van der Waals surface area contributed by atoms with Crippen molar-refractivity contribution in [3.8, 4) is 0 Å². The second-order valence-electron chi connectivity index (χ2n) is 4.27. The quantitative estimate of drug-likeness (QED) is 0.733. The summed E-state index contributed by atoms with van der Waals surface area (Å²) in [6.45, 7) is 5.58. The van der Waals surface area contributed by atoms with E-state index >= 15 is 0 Å². The molecule has 0 radical (unpaired) electrons. The first-order valence-electron chi connectivity index (χ1n) is 4.74. The Morgan fingerprint density at radius 1 is 1.46 bits per heavy atom. The van der Waals surface area contributed by atoms with Gasteiger partial charge < -0.3 is 5.73 Å². The monoisotopic (exact) mass is 192 g/mol. The van der Waals surface area contributed by atoms with Gasteiger partial charge in [0.1, 0.15) is 0 Å². The third kappa shape index (κ3) is 2.88. The highest BCUT2D eigenvalue weighted by Crippen LogP contribution is 2.26. The van der Waals surface area contributed by atoms with Crippen LogP contribution in [-0.4, -0.2) is 36.0 Å². The topological polar surface area (TPSA) is 29.3 Å². The average molecular weight is 192 g/mol. The van der Waals surface area contributed by atoms with Gasteiger partial charge in [-0.1, -0.05) is 0 Å². The lowest BCUT2D eigenvalue weighted by Gasteiger charge is -2.26. The summed E-state index contributed by atoms with van der Waals surface area (Å²) in [4.78, 5) is 2.16. The lowest BCUT2D eigenvalue weighted by molar-refractivity contribution is 0.104. The van der Waals surface area contributed by atoms with Gasteiger partial charge in [-0.25, -0.2) is 8.78 Å². The average Bonchev–Trinajstić information content (AvgIpc) is 2.29. The highest BCUT2D eigenvalue weighted by molar-refractivity contribution is 4.95. The van der Waals surface area contributed by atoms with Gasteiger partial charge in [0, 0.05) is 31.1 Å². The molecule has 78 valence electrons. The Morgan fingerprint density at radius 3 is 2.46 bits per heavy atom. The maximum atomic E-state index is 12.2. The minimum atomic E-state index is -2.28. The molecule has 2 N–H and O–H groups in total. The third-order valence-electron chi connectivity index (χ3n) is 2.71. The van der Waals surface area contributed by atoms with Crippen molar-refractivity contribution in [2.45, 2.75) is 44.7 Å². The third-order valence-corrected chi connectivity index (χ3v) is 2.71. The van der Waals surface area contributed by atoms with E-state index in [1.807, 2.05) is 0 Å². The standard InChI is InChI=1S/C9H18F2N2/c1-7(2)13-4-3-9(12,6-13)5-8(10)11/h7-8H,3-6,12H2,1-2H3/t9-/m1/s1. The van der Waals surface area contributed by atoms with Crippen molar-refractivity contribution in [3.05, 3.63) is 0 Å². The molecule has 1 heterocycles. The van der Waals surface area contributed by atoms with Gasteiger partial charge in [0.05, 0.1) is 0 Å². The largest absolute Gasteiger partial charge is 0.324 e. The predicted octanol–water partition coefficient (Wildman–Crippen LogP) is 1.45. The van der Waals surface area contributed by atoms with Gasteiger partial charge in [-0.15, -0.1) is 0 Å². The molecule has 0 aromatic heterocycles. The molecule has 1 aliphatic heterocycles. The Balaban J connectivity index is 2.46. The molecule has 1 aliphatic rings. The summed E-state index contributed by atoms with van der Waals surface area (Å²) in [5, 5.41) is 0. The fraction of sp³-hybridized carbons (Fsp3) is 1.00. The molecular formula is C9H18F2N2. The number of nitrogens with two attached hydrogens (primary N) is 1. The molecule has 1 saturated heterocycles. The van der Waals surface area contributed by atoms with Crippen LogP contribution in [0.3, 0.4) is 0 Å². The number of alkyl halides is 2. The second-order valence-corrected chi connectivity index (χ2v) is 4.27. The van der Waals surface area contributed by atoms with E-state index in [9.17, 15) is 8.78 Å². The van der Waals surface area contributed by atoms with Crippen LogP contribution in [0.1, 0.15) is 26.7 Å². The first-order chi connectivity index (χ1) is 5.93. The van der Waals surface area contributed by atoms with E-state index in [1.54, 1.807) is 0 Å². The van der Waals surface area contributed by atoms with E-state index in [1.165, 1.54) is 0 Å². The number of hydrogen-bond donors (Lipinski definition) is 1. The van der Waals surface area contributed by atoms with Gasteiger partial charge in [0.15, 0.2) is 0 Å². The zero-order valence-corrected chi connectivity index (χ0v) is 8.26. The molecule has 0 saturated carbocycles. The van der Waals surface area contributed by atoms with Gasteiger partial charge in [-0.3, -0.25) is 4.90 Å². The summed E-state index contributed by atoms with van der Waals surface area (Å²) in [6, 6.07) is 0.406. The van der Waals surface area contributed by atoms with E-state index in [2.05, 4.69) is 18.7 Å². The van der Waals surface area contributed by atoms with Crippen LogP contribution in [0, 0.1) is 0 Å². The highest BCUT2D eigenvalue weighted by Gasteiger charge is 2.37. The number of rotatable bonds is 3. The predicted molar refractivity (Wildman–Crippen MR) is 48.9 cm³/mol. The smallest absolute Gasteiger partial charge is 0.240 e. The van der Waals surface area contributed by atoms with Crippen LogP contribution in [-0.2, 0) is 0 Å². The van der Waals surface area contributed by atoms with Crippen molar-refractivity contribution in [3.63, 3.8) is 0 Å². The van der Waals surface area contributed by atoms with Gasteiger partial charge in [0.25, 0.3) is 0 Å². The zero-order valence-electron chi connectivity index (χ0n) is 8.26. The molecular weight excluding hydrogens is 174 g/mol. The van der Waals surface area contributed by atoms with Crippen LogP contribution in [0.15, 0.2) is 0 Å². The molecule has 0 spiro atoms. The van der Waals surface area contributed by atoms with Crippen LogP contribution in [0.4, 0.5) is 8.78 Å². The van der Waals surface area contributed by atoms with Crippen LogP contribution in [0.2, 0.25) is 0 Å². The SMILES string of the molecule is CC(C)N1CC[C@@](N)(CC(F)F)C1. The first-order valence-corrected chi connectivity index (χ1v) is 4.74. The Labute approximate surface area is 78.1 Å². The van der Waals surface area contributed by atoms with Crippen molar-refractivity contribution >= 4 is 0 Å². The lowest BCUT2D eigenvalue weighted by atomic mass is 9.96. The van der Waals surface area contributed by atoms with E-state index in [0.717, 1.165) is 6.54 Å². The zero-order chi connectivity index (χ0) is 10.1. The minimum Gasteiger partial charge on any atom is -0.324 e. The summed E-state index contributed by atoms with van der Waals surface area (Å²) < 4.78 is 24.3. The molecule has 4 heteroatoms. The summed E-state index contributed by atoms with van der Waals surface area (Å²) in [5.41, 5.74) is 5.21. The molecule has 0 aromatic rings.